The third-order valence-electron chi connectivity index (χ3n) is 2.28. The molecule has 0 saturated carbocycles. The van der Waals surface area contributed by atoms with Crippen molar-refractivity contribution < 1.29 is 0 Å². The summed E-state index contributed by atoms with van der Waals surface area (Å²) in [5, 5.41) is 0. The monoisotopic (exact) mass is 167 g/mol. The van der Waals surface area contributed by atoms with Crippen LogP contribution in [0.2, 0.25) is 0 Å². The molecule has 2 N–H and O–H groups in total. The Morgan fingerprint density at radius 3 is 2.75 bits per heavy atom. The van der Waals surface area contributed by atoms with E-state index in [1.54, 1.807) is 0 Å². The van der Waals surface area contributed by atoms with E-state index in [1.807, 2.05) is 19.3 Å². The molecule has 1 rings (SSSR count). The summed E-state index contributed by atoms with van der Waals surface area (Å²) in [6, 6.07) is 0.165. The SMILES string of the molecule is CCn1ccnc1C(C)C(C)N. The quantitative estimate of drug-likeness (QED) is 0.738. The molecule has 0 spiro atoms. The van der Waals surface area contributed by atoms with Crippen LogP contribution in [-0.4, -0.2) is 15.6 Å². The molecule has 0 fully saturated rings. The Bertz CT molecular complexity index is 240. The van der Waals surface area contributed by atoms with Gasteiger partial charge in [0.05, 0.1) is 0 Å². The number of aryl methyl sites for hydroxylation is 1. The minimum absolute atomic E-state index is 0.165. The van der Waals surface area contributed by atoms with Crippen LogP contribution in [0.4, 0.5) is 0 Å². The van der Waals surface area contributed by atoms with E-state index in [0.717, 1.165) is 12.4 Å². The highest BCUT2D eigenvalue weighted by Crippen LogP contribution is 2.15. The summed E-state index contributed by atoms with van der Waals surface area (Å²) in [7, 11) is 0. The van der Waals surface area contributed by atoms with Crippen LogP contribution in [0.15, 0.2) is 12.4 Å². The molecule has 1 heterocycles. The number of hydrogen-bond acceptors (Lipinski definition) is 2. The average Bonchev–Trinajstić information content (AvgIpc) is 2.49. The third kappa shape index (κ3) is 1.67. The lowest BCUT2D eigenvalue weighted by molar-refractivity contribution is 0.545. The van der Waals surface area contributed by atoms with Crippen LogP contribution < -0.4 is 5.73 Å². The third-order valence-corrected chi connectivity index (χ3v) is 2.28. The second-order valence-electron chi connectivity index (χ2n) is 3.22. The predicted molar refractivity (Wildman–Crippen MR) is 50.0 cm³/mol. The van der Waals surface area contributed by atoms with Crippen molar-refractivity contribution >= 4 is 0 Å². The van der Waals surface area contributed by atoms with Gasteiger partial charge in [-0.3, -0.25) is 0 Å². The fourth-order valence-corrected chi connectivity index (χ4v) is 1.22. The lowest BCUT2D eigenvalue weighted by Gasteiger charge is -2.15. The van der Waals surface area contributed by atoms with Gasteiger partial charge in [0.25, 0.3) is 0 Å². The van der Waals surface area contributed by atoms with Gasteiger partial charge in [0.2, 0.25) is 0 Å². The molecule has 1 aromatic heterocycles. The average molecular weight is 167 g/mol. The van der Waals surface area contributed by atoms with Gasteiger partial charge in [-0.2, -0.15) is 0 Å². The molecule has 2 unspecified atom stereocenters. The summed E-state index contributed by atoms with van der Waals surface area (Å²) >= 11 is 0. The van der Waals surface area contributed by atoms with Crippen molar-refractivity contribution in [2.75, 3.05) is 0 Å². The van der Waals surface area contributed by atoms with Gasteiger partial charge in [0.1, 0.15) is 5.82 Å². The summed E-state index contributed by atoms with van der Waals surface area (Å²) < 4.78 is 2.13. The molecule has 0 aliphatic rings. The first-order chi connectivity index (χ1) is 5.66. The number of hydrogen-bond donors (Lipinski definition) is 1. The number of imidazole rings is 1. The van der Waals surface area contributed by atoms with Crippen molar-refractivity contribution in [1.82, 2.24) is 9.55 Å². The Morgan fingerprint density at radius 1 is 1.58 bits per heavy atom. The Balaban J connectivity index is 2.86. The summed E-state index contributed by atoms with van der Waals surface area (Å²) in [5.74, 6) is 1.42. The maximum Gasteiger partial charge on any atom is 0.113 e. The molecule has 1 aromatic rings. The van der Waals surface area contributed by atoms with Gasteiger partial charge in [-0.05, 0) is 13.8 Å². The second-order valence-corrected chi connectivity index (χ2v) is 3.22. The molecule has 0 bridgehead atoms. The van der Waals surface area contributed by atoms with Crippen LogP contribution in [0.1, 0.15) is 32.5 Å². The van der Waals surface area contributed by atoms with Crippen molar-refractivity contribution in [3.63, 3.8) is 0 Å². The normalized spacial score (nSPS) is 16.0. The highest BCUT2D eigenvalue weighted by Gasteiger charge is 2.14. The topological polar surface area (TPSA) is 43.8 Å². The maximum atomic E-state index is 5.80. The molecule has 0 amide bonds. The van der Waals surface area contributed by atoms with Crippen LogP contribution in [-0.2, 0) is 6.54 Å². The van der Waals surface area contributed by atoms with Crippen molar-refractivity contribution in [3.8, 4) is 0 Å². The first kappa shape index (κ1) is 9.26. The number of rotatable bonds is 3. The van der Waals surface area contributed by atoms with E-state index < -0.39 is 0 Å². The summed E-state index contributed by atoms with van der Waals surface area (Å²) in [6.07, 6.45) is 3.83. The van der Waals surface area contributed by atoms with Crippen LogP contribution in [0, 0.1) is 0 Å². The van der Waals surface area contributed by atoms with E-state index in [-0.39, 0.29) is 6.04 Å². The highest BCUT2D eigenvalue weighted by atomic mass is 15.1. The molecule has 3 heteroatoms. The van der Waals surface area contributed by atoms with E-state index in [2.05, 4.69) is 23.4 Å². The molecular weight excluding hydrogens is 150 g/mol. The van der Waals surface area contributed by atoms with E-state index in [4.69, 9.17) is 5.73 Å². The van der Waals surface area contributed by atoms with Crippen molar-refractivity contribution in [1.29, 1.82) is 0 Å². The van der Waals surface area contributed by atoms with Crippen LogP contribution in [0.3, 0.4) is 0 Å². The van der Waals surface area contributed by atoms with Gasteiger partial charge in [-0.1, -0.05) is 6.92 Å². The van der Waals surface area contributed by atoms with Gasteiger partial charge in [-0.25, -0.2) is 4.98 Å². The fourth-order valence-electron chi connectivity index (χ4n) is 1.22. The standard InChI is InChI=1S/C9H17N3/c1-4-12-6-5-11-9(12)7(2)8(3)10/h5-8H,4,10H2,1-3H3. The number of nitrogens with two attached hydrogens (primary N) is 1. The molecule has 3 nitrogen and oxygen atoms in total. The van der Waals surface area contributed by atoms with Crippen LogP contribution in [0.25, 0.3) is 0 Å². The first-order valence-corrected chi connectivity index (χ1v) is 4.43. The molecule has 2 atom stereocenters. The Hall–Kier alpha value is -0.830. The lowest BCUT2D eigenvalue weighted by Crippen LogP contribution is -2.25. The van der Waals surface area contributed by atoms with Crippen molar-refractivity contribution in [2.45, 2.75) is 39.3 Å². The predicted octanol–water partition coefficient (Wildman–Crippen LogP) is 1.35. The van der Waals surface area contributed by atoms with Crippen LogP contribution >= 0.6 is 0 Å². The molecule has 68 valence electrons. The minimum Gasteiger partial charge on any atom is -0.335 e. The maximum absolute atomic E-state index is 5.80. The molecule has 0 aliphatic carbocycles. The van der Waals surface area contributed by atoms with Crippen molar-refractivity contribution in [3.05, 3.63) is 18.2 Å². The molecule has 12 heavy (non-hydrogen) atoms. The Kier molecular flexibility index (Phi) is 2.87. The minimum atomic E-state index is 0.165. The summed E-state index contributed by atoms with van der Waals surface area (Å²) in [5.41, 5.74) is 5.80. The fraction of sp³-hybridized carbons (Fsp3) is 0.667. The van der Waals surface area contributed by atoms with Gasteiger partial charge in [0.15, 0.2) is 0 Å². The molecular formula is C9H17N3. The zero-order chi connectivity index (χ0) is 9.14. The summed E-state index contributed by atoms with van der Waals surface area (Å²) in [6.45, 7) is 7.20. The van der Waals surface area contributed by atoms with E-state index >= 15 is 0 Å². The number of aromatic nitrogens is 2. The van der Waals surface area contributed by atoms with Gasteiger partial charge >= 0.3 is 0 Å². The van der Waals surface area contributed by atoms with Crippen molar-refractivity contribution in [2.24, 2.45) is 5.73 Å². The van der Waals surface area contributed by atoms with E-state index in [0.29, 0.717) is 5.92 Å². The summed E-state index contributed by atoms with van der Waals surface area (Å²) in [4.78, 5) is 4.29. The van der Waals surface area contributed by atoms with Crippen LogP contribution in [0.5, 0.6) is 0 Å². The molecule has 0 aromatic carbocycles. The highest BCUT2D eigenvalue weighted by molar-refractivity contribution is 5.01. The van der Waals surface area contributed by atoms with E-state index in [9.17, 15) is 0 Å². The first-order valence-electron chi connectivity index (χ1n) is 4.43. The molecule has 0 aliphatic heterocycles. The molecule has 0 saturated heterocycles. The molecule has 0 radical (unpaired) electrons. The van der Waals surface area contributed by atoms with Gasteiger partial charge in [0, 0.05) is 30.9 Å². The lowest BCUT2D eigenvalue weighted by atomic mass is 10.0. The smallest absolute Gasteiger partial charge is 0.113 e. The van der Waals surface area contributed by atoms with E-state index in [1.165, 1.54) is 0 Å². The van der Waals surface area contributed by atoms with Gasteiger partial charge < -0.3 is 10.3 Å². The van der Waals surface area contributed by atoms with Gasteiger partial charge in [-0.15, -0.1) is 0 Å². The largest absolute Gasteiger partial charge is 0.335 e. The Morgan fingerprint density at radius 2 is 2.25 bits per heavy atom. The second kappa shape index (κ2) is 3.72. The Labute approximate surface area is 73.6 Å². The zero-order valence-corrected chi connectivity index (χ0v) is 7.99. The number of nitrogens with zero attached hydrogens (tertiary/aromatic N) is 2. The zero-order valence-electron chi connectivity index (χ0n) is 7.99.